The van der Waals surface area contributed by atoms with Gasteiger partial charge in [-0.1, -0.05) is 37.6 Å². The van der Waals surface area contributed by atoms with Gasteiger partial charge in [0.2, 0.25) is 0 Å². The lowest BCUT2D eigenvalue weighted by Gasteiger charge is -2.16. The molecule has 2 atom stereocenters. The largest absolute Gasteiger partial charge is 0.481 e. The van der Waals surface area contributed by atoms with Crippen LogP contribution in [0.25, 0.3) is 0 Å². The average Bonchev–Trinajstić information content (AvgIpc) is 2.30. The van der Waals surface area contributed by atoms with Crippen LogP contribution < -0.4 is 5.73 Å². The predicted molar refractivity (Wildman–Crippen MR) is 78.1 cm³/mol. The fourth-order valence-electron chi connectivity index (χ4n) is 2.47. The summed E-state index contributed by atoms with van der Waals surface area (Å²) in [5, 5.41) is 8.67. The van der Waals surface area contributed by atoms with Crippen molar-refractivity contribution >= 4 is 5.97 Å². The van der Waals surface area contributed by atoms with Gasteiger partial charge in [0.15, 0.2) is 0 Å². The molecule has 0 spiro atoms. The first-order valence-corrected chi connectivity index (χ1v) is 7.01. The van der Waals surface area contributed by atoms with E-state index in [9.17, 15) is 4.79 Å². The minimum absolute atomic E-state index is 0.0716. The van der Waals surface area contributed by atoms with Gasteiger partial charge in [-0.15, -0.1) is 0 Å². The molecule has 0 radical (unpaired) electrons. The van der Waals surface area contributed by atoms with Crippen molar-refractivity contribution in [2.45, 2.75) is 52.0 Å². The minimum Gasteiger partial charge on any atom is -0.481 e. The number of rotatable bonds is 8. The van der Waals surface area contributed by atoms with Crippen LogP contribution in [0, 0.1) is 12.8 Å². The molecule has 0 fully saturated rings. The van der Waals surface area contributed by atoms with Crippen LogP contribution in [0.4, 0.5) is 0 Å². The molecule has 0 aromatic heterocycles. The Morgan fingerprint density at radius 3 is 2.68 bits per heavy atom. The SMILES string of the molecule is Cc1ccccc1CCC[C@@H](C)C[C@H](N)CC(=O)O. The lowest BCUT2D eigenvalue weighted by molar-refractivity contribution is -0.137. The van der Waals surface area contributed by atoms with Gasteiger partial charge >= 0.3 is 5.97 Å². The van der Waals surface area contributed by atoms with Crippen LogP contribution >= 0.6 is 0 Å². The van der Waals surface area contributed by atoms with Crippen LogP contribution in [0.3, 0.4) is 0 Å². The van der Waals surface area contributed by atoms with Crippen molar-refractivity contribution in [1.29, 1.82) is 0 Å². The van der Waals surface area contributed by atoms with Crippen molar-refractivity contribution in [3.05, 3.63) is 35.4 Å². The second-order valence-electron chi connectivity index (χ2n) is 5.52. The van der Waals surface area contributed by atoms with Gasteiger partial charge in [-0.2, -0.15) is 0 Å². The molecule has 0 aliphatic rings. The smallest absolute Gasteiger partial charge is 0.304 e. The lowest BCUT2D eigenvalue weighted by Crippen LogP contribution is -2.26. The number of hydrogen-bond donors (Lipinski definition) is 2. The van der Waals surface area contributed by atoms with Gasteiger partial charge in [0.05, 0.1) is 6.42 Å². The topological polar surface area (TPSA) is 63.3 Å². The summed E-state index contributed by atoms with van der Waals surface area (Å²) in [7, 11) is 0. The standard InChI is InChI=1S/C16H25NO2/c1-12(10-15(17)11-16(18)19)6-5-9-14-8-4-3-7-13(14)2/h3-4,7-8,12,15H,5-6,9-11,17H2,1-2H3,(H,18,19)/t12-,15+/m1/s1. The van der Waals surface area contributed by atoms with Crippen LogP contribution in [-0.4, -0.2) is 17.1 Å². The van der Waals surface area contributed by atoms with Crippen LogP contribution in [-0.2, 0) is 11.2 Å². The molecule has 0 heterocycles. The van der Waals surface area contributed by atoms with Crippen LogP contribution in [0.1, 0.15) is 43.7 Å². The molecule has 19 heavy (non-hydrogen) atoms. The normalized spacial score (nSPS) is 14.1. The zero-order valence-electron chi connectivity index (χ0n) is 11.9. The van der Waals surface area contributed by atoms with Gasteiger partial charge in [0, 0.05) is 6.04 Å². The number of aryl methyl sites for hydroxylation is 2. The molecular weight excluding hydrogens is 238 g/mol. The Kier molecular flexibility index (Phi) is 6.57. The second kappa shape index (κ2) is 7.95. The van der Waals surface area contributed by atoms with Gasteiger partial charge in [0.1, 0.15) is 0 Å². The van der Waals surface area contributed by atoms with E-state index in [0.717, 1.165) is 25.7 Å². The molecule has 3 nitrogen and oxygen atoms in total. The van der Waals surface area contributed by atoms with Gasteiger partial charge in [-0.3, -0.25) is 4.79 Å². The van der Waals surface area contributed by atoms with Crippen LogP contribution in [0.2, 0.25) is 0 Å². The molecule has 106 valence electrons. The maximum absolute atomic E-state index is 10.5. The number of aliphatic carboxylic acids is 1. The van der Waals surface area contributed by atoms with Crippen molar-refractivity contribution in [3.63, 3.8) is 0 Å². The first kappa shape index (κ1) is 15.7. The van der Waals surface area contributed by atoms with Gasteiger partial charge < -0.3 is 10.8 Å². The Hall–Kier alpha value is -1.35. The van der Waals surface area contributed by atoms with Crippen LogP contribution in [0.15, 0.2) is 24.3 Å². The number of benzene rings is 1. The third kappa shape index (κ3) is 6.39. The molecule has 0 bridgehead atoms. The summed E-state index contributed by atoms with van der Waals surface area (Å²) in [4.78, 5) is 10.5. The van der Waals surface area contributed by atoms with Crippen LogP contribution in [0.5, 0.6) is 0 Å². The number of nitrogens with two attached hydrogens (primary N) is 1. The van der Waals surface area contributed by atoms with Crippen molar-refractivity contribution < 1.29 is 9.90 Å². The Morgan fingerprint density at radius 2 is 2.05 bits per heavy atom. The van der Waals surface area contributed by atoms with E-state index in [2.05, 4.69) is 38.1 Å². The van der Waals surface area contributed by atoms with E-state index in [1.165, 1.54) is 11.1 Å². The fraction of sp³-hybridized carbons (Fsp3) is 0.562. The number of carboxylic acids is 1. The summed E-state index contributed by atoms with van der Waals surface area (Å²) in [6, 6.07) is 8.24. The Morgan fingerprint density at radius 1 is 1.37 bits per heavy atom. The monoisotopic (exact) mass is 263 g/mol. The van der Waals surface area contributed by atoms with E-state index in [0.29, 0.717) is 5.92 Å². The molecule has 1 aromatic carbocycles. The molecule has 0 amide bonds. The molecule has 0 unspecified atom stereocenters. The number of hydrogen-bond acceptors (Lipinski definition) is 2. The molecule has 0 saturated carbocycles. The highest BCUT2D eigenvalue weighted by molar-refractivity contribution is 5.67. The van der Waals surface area contributed by atoms with E-state index < -0.39 is 5.97 Å². The zero-order valence-corrected chi connectivity index (χ0v) is 11.9. The lowest BCUT2D eigenvalue weighted by atomic mass is 9.93. The first-order chi connectivity index (χ1) is 8.99. The molecule has 3 heteroatoms. The molecule has 0 saturated heterocycles. The van der Waals surface area contributed by atoms with Crippen molar-refractivity contribution in [1.82, 2.24) is 0 Å². The third-order valence-corrected chi connectivity index (χ3v) is 3.55. The van der Waals surface area contributed by atoms with E-state index >= 15 is 0 Å². The predicted octanol–water partition coefficient (Wildman–Crippen LogP) is 3.15. The average molecular weight is 263 g/mol. The molecule has 1 aromatic rings. The second-order valence-corrected chi connectivity index (χ2v) is 5.52. The van der Waals surface area contributed by atoms with Crippen molar-refractivity contribution in [3.8, 4) is 0 Å². The Labute approximate surface area is 115 Å². The van der Waals surface area contributed by atoms with Crippen molar-refractivity contribution in [2.75, 3.05) is 0 Å². The van der Waals surface area contributed by atoms with Gasteiger partial charge in [0.25, 0.3) is 0 Å². The first-order valence-electron chi connectivity index (χ1n) is 7.01. The molecule has 0 aliphatic heterocycles. The molecule has 0 aliphatic carbocycles. The maximum atomic E-state index is 10.5. The molecule has 3 N–H and O–H groups in total. The summed E-state index contributed by atoms with van der Waals surface area (Å²) in [6.07, 6.45) is 4.18. The Balaban J connectivity index is 2.25. The number of carbonyl (C=O) groups is 1. The van der Waals surface area contributed by atoms with E-state index in [-0.39, 0.29) is 12.5 Å². The molecule has 1 rings (SSSR count). The van der Waals surface area contributed by atoms with E-state index in [4.69, 9.17) is 10.8 Å². The highest BCUT2D eigenvalue weighted by atomic mass is 16.4. The van der Waals surface area contributed by atoms with Gasteiger partial charge in [-0.25, -0.2) is 0 Å². The molecular formula is C16H25NO2. The summed E-state index contributed by atoms with van der Waals surface area (Å²) in [5.74, 6) is -0.321. The Bertz CT molecular complexity index is 403. The maximum Gasteiger partial charge on any atom is 0.304 e. The van der Waals surface area contributed by atoms with E-state index in [1.807, 2.05) is 0 Å². The van der Waals surface area contributed by atoms with Gasteiger partial charge in [-0.05, 0) is 43.2 Å². The summed E-state index contributed by atoms with van der Waals surface area (Å²) >= 11 is 0. The quantitative estimate of drug-likeness (QED) is 0.757. The zero-order chi connectivity index (χ0) is 14.3. The summed E-state index contributed by atoms with van der Waals surface area (Å²) in [5.41, 5.74) is 8.55. The van der Waals surface area contributed by atoms with Crippen molar-refractivity contribution in [2.24, 2.45) is 11.7 Å². The third-order valence-electron chi connectivity index (χ3n) is 3.55. The fourth-order valence-corrected chi connectivity index (χ4v) is 2.47. The van der Waals surface area contributed by atoms with E-state index in [1.54, 1.807) is 0 Å². The highest BCUT2D eigenvalue weighted by Crippen LogP contribution is 2.17. The minimum atomic E-state index is -0.806. The number of carboxylic acid groups (broad SMARTS) is 1. The summed E-state index contributed by atoms with van der Waals surface area (Å²) < 4.78 is 0. The highest BCUT2D eigenvalue weighted by Gasteiger charge is 2.12. The summed E-state index contributed by atoms with van der Waals surface area (Å²) in [6.45, 7) is 4.29.